The summed E-state index contributed by atoms with van der Waals surface area (Å²) < 4.78 is 7.09. The molecule has 0 unspecified atom stereocenters. The van der Waals surface area contributed by atoms with Gasteiger partial charge in [-0.05, 0) is 38.4 Å². The minimum absolute atomic E-state index is 0.651. The van der Waals surface area contributed by atoms with Crippen LogP contribution in [0.4, 0.5) is 0 Å². The third-order valence-corrected chi connectivity index (χ3v) is 3.16. The third-order valence-electron chi connectivity index (χ3n) is 3.16. The van der Waals surface area contributed by atoms with Gasteiger partial charge in [0.05, 0.1) is 12.8 Å². The van der Waals surface area contributed by atoms with Gasteiger partial charge >= 0.3 is 0 Å². The number of aryl methyl sites for hydroxylation is 3. The highest BCUT2D eigenvalue weighted by atomic mass is 16.5. The second-order valence-corrected chi connectivity index (χ2v) is 4.89. The van der Waals surface area contributed by atoms with Crippen LogP contribution in [0.5, 0.6) is 5.88 Å². The number of aromatic nitrogens is 3. The number of hydrogen-bond acceptors (Lipinski definition) is 4. The second-order valence-electron chi connectivity index (χ2n) is 4.89. The van der Waals surface area contributed by atoms with E-state index in [0.29, 0.717) is 5.88 Å². The van der Waals surface area contributed by atoms with Crippen molar-refractivity contribution in [1.82, 2.24) is 20.1 Å². The van der Waals surface area contributed by atoms with E-state index in [1.807, 2.05) is 25.3 Å². The minimum Gasteiger partial charge on any atom is -0.481 e. The van der Waals surface area contributed by atoms with E-state index in [1.165, 1.54) is 5.69 Å². The Morgan fingerprint density at radius 2 is 2.15 bits per heavy atom. The normalized spacial score (nSPS) is 10.8. The first-order valence-electron chi connectivity index (χ1n) is 6.89. The molecule has 5 nitrogen and oxygen atoms in total. The van der Waals surface area contributed by atoms with Gasteiger partial charge in [0.15, 0.2) is 0 Å². The van der Waals surface area contributed by atoms with Crippen molar-refractivity contribution in [2.24, 2.45) is 0 Å². The first kappa shape index (κ1) is 14.5. The lowest BCUT2D eigenvalue weighted by atomic mass is 10.3. The maximum atomic E-state index is 5.03. The van der Waals surface area contributed by atoms with Crippen molar-refractivity contribution in [2.45, 2.75) is 33.4 Å². The fourth-order valence-electron chi connectivity index (χ4n) is 2.12. The molecule has 0 bridgehead atoms. The van der Waals surface area contributed by atoms with Crippen molar-refractivity contribution in [3.63, 3.8) is 0 Å². The summed E-state index contributed by atoms with van der Waals surface area (Å²) in [5.74, 6) is 0.651. The lowest BCUT2D eigenvalue weighted by Crippen LogP contribution is -2.17. The van der Waals surface area contributed by atoms with Gasteiger partial charge in [0.25, 0.3) is 0 Å². The molecule has 0 amide bonds. The predicted octanol–water partition coefficient (Wildman–Crippen LogP) is 2.08. The Morgan fingerprint density at radius 1 is 1.30 bits per heavy atom. The highest BCUT2D eigenvalue weighted by Gasteiger charge is 2.00. The zero-order valence-electron chi connectivity index (χ0n) is 12.4. The van der Waals surface area contributed by atoms with Gasteiger partial charge in [-0.1, -0.05) is 6.07 Å². The molecular formula is C15H22N4O. The van der Waals surface area contributed by atoms with Gasteiger partial charge in [0.2, 0.25) is 5.88 Å². The average molecular weight is 274 g/mol. The zero-order valence-corrected chi connectivity index (χ0v) is 12.4. The fourth-order valence-corrected chi connectivity index (χ4v) is 2.12. The van der Waals surface area contributed by atoms with Crippen LogP contribution in [0.3, 0.4) is 0 Å². The number of hydrogen-bond donors (Lipinski definition) is 1. The molecule has 2 aromatic rings. The molecule has 1 N–H and O–H groups in total. The highest BCUT2D eigenvalue weighted by Crippen LogP contribution is 2.06. The van der Waals surface area contributed by atoms with Crippen LogP contribution in [0, 0.1) is 13.8 Å². The van der Waals surface area contributed by atoms with Crippen LogP contribution in [0.15, 0.2) is 24.4 Å². The van der Waals surface area contributed by atoms with E-state index in [9.17, 15) is 0 Å². The number of nitrogens with one attached hydrogen (secondary N) is 1. The van der Waals surface area contributed by atoms with Crippen molar-refractivity contribution in [1.29, 1.82) is 0 Å². The van der Waals surface area contributed by atoms with Crippen molar-refractivity contribution in [3.05, 3.63) is 41.3 Å². The Labute approximate surface area is 120 Å². The Hall–Kier alpha value is -1.88. The maximum absolute atomic E-state index is 5.03. The summed E-state index contributed by atoms with van der Waals surface area (Å²) in [6.45, 7) is 6.86. The van der Waals surface area contributed by atoms with Crippen molar-refractivity contribution < 1.29 is 4.74 Å². The van der Waals surface area contributed by atoms with Crippen LogP contribution in [0.25, 0.3) is 0 Å². The first-order chi connectivity index (χ1) is 9.69. The summed E-state index contributed by atoms with van der Waals surface area (Å²) in [5.41, 5.74) is 3.47. The van der Waals surface area contributed by atoms with E-state index < -0.39 is 0 Å². The number of ether oxygens (including phenoxy) is 1. The average Bonchev–Trinajstić information content (AvgIpc) is 2.77. The molecule has 0 radical (unpaired) electrons. The Kier molecular flexibility index (Phi) is 5.12. The first-order valence-corrected chi connectivity index (χ1v) is 6.89. The second kappa shape index (κ2) is 7.05. The van der Waals surface area contributed by atoms with Gasteiger partial charge in [-0.2, -0.15) is 5.10 Å². The van der Waals surface area contributed by atoms with Gasteiger partial charge in [-0.25, -0.2) is 4.98 Å². The number of methoxy groups -OCH3 is 1. The van der Waals surface area contributed by atoms with Gasteiger partial charge in [-0.15, -0.1) is 0 Å². The van der Waals surface area contributed by atoms with E-state index in [0.717, 1.165) is 37.3 Å². The molecule has 0 saturated heterocycles. The highest BCUT2D eigenvalue weighted by molar-refractivity contribution is 5.17. The fraction of sp³-hybridized carbons (Fsp3) is 0.467. The molecule has 2 rings (SSSR count). The minimum atomic E-state index is 0.651. The lowest BCUT2D eigenvalue weighted by molar-refractivity contribution is 0.397. The summed E-state index contributed by atoms with van der Waals surface area (Å²) >= 11 is 0. The molecule has 0 aliphatic rings. The molecule has 0 atom stereocenters. The van der Waals surface area contributed by atoms with Crippen LogP contribution in [-0.2, 0) is 13.1 Å². The van der Waals surface area contributed by atoms with Gasteiger partial charge in [-0.3, -0.25) is 4.68 Å². The van der Waals surface area contributed by atoms with Crippen molar-refractivity contribution in [3.8, 4) is 5.88 Å². The monoisotopic (exact) mass is 274 g/mol. The summed E-state index contributed by atoms with van der Waals surface area (Å²) in [6.07, 6.45) is 2.90. The summed E-state index contributed by atoms with van der Waals surface area (Å²) in [5, 5.41) is 7.86. The third kappa shape index (κ3) is 4.06. The topological polar surface area (TPSA) is 52.0 Å². The number of pyridine rings is 1. The quantitative estimate of drug-likeness (QED) is 0.785. The molecule has 0 saturated carbocycles. The lowest BCUT2D eigenvalue weighted by Gasteiger charge is -2.07. The molecule has 2 aromatic heterocycles. The zero-order chi connectivity index (χ0) is 14.4. The van der Waals surface area contributed by atoms with E-state index in [1.54, 1.807) is 7.11 Å². The van der Waals surface area contributed by atoms with Crippen LogP contribution >= 0.6 is 0 Å². The molecule has 5 heteroatoms. The standard InChI is InChI=1S/C15H22N4O/c1-12-9-13(2)19(18-12)8-4-7-16-10-14-5-6-15(20-3)17-11-14/h5-6,9,11,16H,4,7-8,10H2,1-3H3. The van der Waals surface area contributed by atoms with Crippen LogP contribution < -0.4 is 10.1 Å². The molecule has 2 heterocycles. The summed E-state index contributed by atoms with van der Waals surface area (Å²) in [6, 6.07) is 6.02. The SMILES string of the molecule is COc1ccc(CNCCCn2nc(C)cc2C)cn1. The van der Waals surface area contributed by atoms with E-state index in [2.05, 4.69) is 33.1 Å². The molecule has 0 spiro atoms. The number of rotatable bonds is 7. The molecule has 0 aliphatic carbocycles. The van der Waals surface area contributed by atoms with Crippen molar-refractivity contribution in [2.75, 3.05) is 13.7 Å². The molecule has 20 heavy (non-hydrogen) atoms. The molecule has 0 fully saturated rings. The maximum Gasteiger partial charge on any atom is 0.212 e. The van der Waals surface area contributed by atoms with Gasteiger partial charge < -0.3 is 10.1 Å². The molecule has 0 aromatic carbocycles. The smallest absolute Gasteiger partial charge is 0.212 e. The Balaban J connectivity index is 1.67. The molecular weight excluding hydrogens is 252 g/mol. The Bertz CT molecular complexity index is 533. The van der Waals surface area contributed by atoms with E-state index >= 15 is 0 Å². The predicted molar refractivity (Wildman–Crippen MR) is 78.8 cm³/mol. The molecule has 0 aliphatic heterocycles. The van der Waals surface area contributed by atoms with Crippen LogP contribution in [0.1, 0.15) is 23.4 Å². The van der Waals surface area contributed by atoms with E-state index in [-0.39, 0.29) is 0 Å². The Morgan fingerprint density at radius 3 is 2.75 bits per heavy atom. The van der Waals surface area contributed by atoms with Gasteiger partial charge in [0.1, 0.15) is 0 Å². The largest absolute Gasteiger partial charge is 0.481 e. The summed E-state index contributed by atoms with van der Waals surface area (Å²) in [7, 11) is 1.62. The number of nitrogens with zero attached hydrogens (tertiary/aromatic N) is 3. The van der Waals surface area contributed by atoms with E-state index in [4.69, 9.17) is 4.74 Å². The summed E-state index contributed by atoms with van der Waals surface area (Å²) in [4.78, 5) is 4.18. The van der Waals surface area contributed by atoms with Crippen LogP contribution in [0.2, 0.25) is 0 Å². The molecule has 108 valence electrons. The van der Waals surface area contributed by atoms with Gasteiger partial charge in [0, 0.05) is 31.0 Å². The van der Waals surface area contributed by atoms with Crippen molar-refractivity contribution >= 4 is 0 Å². The van der Waals surface area contributed by atoms with Crippen LogP contribution in [-0.4, -0.2) is 28.4 Å².